The van der Waals surface area contributed by atoms with Crippen molar-refractivity contribution in [2.24, 2.45) is 5.92 Å². The SMILES string of the molecule is COCC(F)(F)C1CCNCC1.Cl. The number of hydrogen-bond acceptors (Lipinski definition) is 2. The van der Waals surface area contributed by atoms with Crippen molar-refractivity contribution in [1.29, 1.82) is 0 Å². The van der Waals surface area contributed by atoms with Crippen LogP contribution in [0.2, 0.25) is 0 Å². The lowest BCUT2D eigenvalue weighted by atomic mass is 9.92. The van der Waals surface area contributed by atoms with Crippen LogP contribution in [-0.4, -0.2) is 32.7 Å². The van der Waals surface area contributed by atoms with Crippen LogP contribution >= 0.6 is 12.4 Å². The van der Waals surface area contributed by atoms with Crippen LogP contribution in [0.4, 0.5) is 8.78 Å². The van der Waals surface area contributed by atoms with E-state index in [1.54, 1.807) is 0 Å². The standard InChI is InChI=1S/C8H15F2NO.ClH/c1-12-6-8(9,10)7-2-4-11-5-3-7;/h7,11H,2-6H2,1H3;1H. The summed E-state index contributed by atoms with van der Waals surface area (Å²) in [6.07, 6.45) is 1.10. The van der Waals surface area contributed by atoms with Crippen molar-refractivity contribution in [3.63, 3.8) is 0 Å². The van der Waals surface area contributed by atoms with E-state index in [4.69, 9.17) is 0 Å². The van der Waals surface area contributed by atoms with Crippen molar-refractivity contribution in [1.82, 2.24) is 5.32 Å². The van der Waals surface area contributed by atoms with E-state index in [1.165, 1.54) is 7.11 Å². The van der Waals surface area contributed by atoms with Crippen LogP contribution in [0.25, 0.3) is 0 Å². The van der Waals surface area contributed by atoms with Crippen molar-refractivity contribution in [2.45, 2.75) is 18.8 Å². The smallest absolute Gasteiger partial charge is 0.273 e. The van der Waals surface area contributed by atoms with Gasteiger partial charge in [-0.1, -0.05) is 0 Å². The van der Waals surface area contributed by atoms with Crippen molar-refractivity contribution >= 4 is 12.4 Å². The molecule has 0 atom stereocenters. The van der Waals surface area contributed by atoms with Gasteiger partial charge in [0.15, 0.2) is 0 Å². The van der Waals surface area contributed by atoms with Gasteiger partial charge in [-0.3, -0.25) is 0 Å². The predicted octanol–water partition coefficient (Wildman–Crippen LogP) is 1.69. The Morgan fingerprint density at radius 2 is 1.92 bits per heavy atom. The van der Waals surface area contributed by atoms with Gasteiger partial charge in [0.1, 0.15) is 6.61 Å². The fraction of sp³-hybridized carbons (Fsp3) is 1.00. The first-order chi connectivity index (χ1) is 5.67. The highest BCUT2D eigenvalue weighted by Gasteiger charge is 2.39. The number of alkyl halides is 2. The van der Waals surface area contributed by atoms with Gasteiger partial charge >= 0.3 is 0 Å². The summed E-state index contributed by atoms with van der Waals surface area (Å²) in [5.41, 5.74) is 0. The molecule has 0 aromatic carbocycles. The third kappa shape index (κ3) is 3.75. The molecule has 13 heavy (non-hydrogen) atoms. The van der Waals surface area contributed by atoms with Crippen LogP contribution in [0.5, 0.6) is 0 Å². The quantitative estimate of drug-likeness (QED) is 0.774. The van der Waals surface area contributed by atoms with Crippen LogP contribution in [0.1, 0.15) is 12.8 Å². The van der Waals surface area contributed by atoms with Crippen molar-refractivity contribution in [3.05, 3.63) is 0 Å². The highest BCUT2D eigenvalue weighted by atomic mass is 35.5. The van der Waals surface area contributed by atoms with Crippen LogP contribution < -0.4 is 5.32 Å². The minimum Gasteiger partial charge on any atom is -0.378 e. The third-order valence-electron chi connectivity index (χ3n) is 2.27. The first-order valence-electron chi connectivity index (χ1n) is 4.24. The van der Waals surface area contributed by atoms with Gasteiger partial charge in [-0.25, -0.2) is 8.78 Å². The molecule has 0 aromatic rings. The summed E-state index contributed by atoms with van der Waals surface area (Å²) in [5.74, 6) is -3.14. The second-order valence-corrected chi connectivity index (χ2v) is 3.22. The van der Waals surface area contributed by atoms with Gasteiger partial charge in [-0.05, 0) is 25.9 Å². The number of rotatable bonds is 3. The molecule has 0 unspecified atom stereocenters. The zero-order valence-corrected chi connectivity index (χ0v) is 8.50. The Balaban J connectivity index is 0.00000144. The summed E-state index contributed by atoms with van der Waals surface area (Å²) in [6.45, 7) is 0.950. The Hall–Kier alpha value is 0.0700. The maximum Gasteiger partial charge on any atom is 0.273 e. The highest BCUT2D eigenvalue weighted by molar-refractivity contribution is 5.85. The van der Waals surface area contributed by atoms with E-state index in [1.807, 2.05) is 0 Å². The van der Waals surface area contributed by atoms with Gasteiger partial charge < -0.3 is 10.1 Å². The van der Waals surface area contributed by atoms with E-state index in [9.17, 15) is 8.78 Å². The fourth-order valence-electron chi connectivity index (χ4n) is 1.55. The summed E-state index contributed by atoms with van der Waals surface area (Å²) < 4.78 is 30.8. The number of ether oxygens (including phenoxy) is 1. The van der Waals surface area contributed by atoms with E-state index in [-0.39, 0.29) is 12.4 Å². The Labute approximate surface area is 83.4 Å². The molecule has 2 nitrogen and oxygen atoms in total. The van der Waals surface area contributed by atoms with Crippen LogP contribution in [0, 0.1) is 5.92 Å². The van der Waals surface area contributed by atoms with Crippen LogP contribution in [-0.2, 0) is 4.74 Å². The molecule has 1 fully saturated rings. The van der Waals surface area contributed by atoms with E-state index in [2.05, 4.69) is 10.1 Å². The van der Waals surface area contributed by atoms with Gasteiger partial charge in [0.2, 0.25) is 0 Å². The van der Waals surface area contributed by atoms with E-state index in [0.29, 0.717) is 25.9 Å². The number of hydrogen-bond donors (Lipinski definition) is 1. The molecular formula is C8H16ClF2NO. The second-order valence-electron chi connectivity index (χ2n) is 3.22. The molecule has 1 rings (SSSR count). The Kier molecular flexibility index (Phi) is 5.76. The number of methoxy groups -OCH3 is 1. The minimum absolute atomic E-state index is 0. The summed E-state index contributed by atoms with van der Waals surface area (Å²) in [5, 5.41) is 3.05. The Bertz CT molecular complexity index is 140. The first-order valence-corrected chi connectivity index (χ1v) is 4.24. The zero-order valence-electron chi connectivity index (χ0n) is 7.69. The van der Waals surface area contributed by atoms with Crippen molar-refractivity contribution in [2.75, 3.05) is 26.8 Å². The molecule has 1 aliphatic rings. The fourth-order valence-corrected chi connectivity index (χ4v) is 1.55. The summed E-state index contributed by atoms with van der Waals surface area (Å²) in [7, 11) is 1.31. The molecule has 0 aliphatic carbocycles. The number of halogens is 3. The summed E-state index contributed by atoms with van der Waals surface area (Å²) >= 11 is 0. The van der Waals surface area contributed by atoms with Crippen LogP contribution in [0.3, 0.4) is 0 Å². The third-order valence-corrected chi connectivity index (χ3v) is 2.27. The van der Waals surface area contributed by atoms with E-state index >= 15 is 0 Å². The Morgan fingerprint density at radius 1 is 1.38 bits per heavy atom. The molecule has 1 aliphatic heterocycles. The normalized spacial score (nSPS) is 19.6. The largest absolute Gasteiger partial charge is 0.378 e. The van der Waals surface area contributed by atoms with Crippen molar-refractivity contribution < 1.29 is 13.5 Å². The molecule has 1 saturated heterocycles. The molecule has 0 radical (unpaired) electrons. The minimum atomic E-state index is -2.64. The maximum atomic E-state index is 13.2. The van der Waals surface area contributed by atoms with Crippen LogP contribution in [0.15, 0.2) is 0 Å². The molecule has 80 valence electrons. The van der Waals surface area contributed by atoms with Gasteiger partial charge in [-0.15, -0.1) is 12.4 Å². The molecule has 1 N–H and O–H groups in total. The lowest BCUT2D eigenvalue weighted by Gasteiger charge is -2.29. The van der Waals surface area contributed by atoms with Crippen molar-refractivity contribution in [3.8, 4) is 0 Å². The molecule has 0 spiro atoms. The molecule has 0 saturated carbocycles. The van der Waals surface area contributed by atoms with Gasteiger partial charge in [0.05, 0.1) is 0 Å². The molecule has 0 bridgehead atoms. The van der Waals surface area contributed by atoms with Gasteiger partial charge in [0, 0.05) is 13.0 Å². The number of piperidine rings is 1. The van der Waals surface area contributed by atoms with Gasteiger partial charge in [0.25, 0.3) is 5.92 Å². The van der Waals surface area contributed by atoms with E-state index < -0.39 is 18.4 Å². The number of nitrogens with one attached hydrogen (secondary N) is 1. The maximum absolute atomic E-state index is 13.2. The Morgan fingerprint density at radius 3 is 2.38 bits per heavy atom. The first kappa shape index (κ1) is 13.1. The lowest BCUT2D eigenvalue weighted by molar-refractivity contribution is -0.115. The second kappa shape index (κ2) is 5.73. The molecule has 0 aromatic heterocycles. The molecular weight excluding hydrogens is 200 g/mol. The zero-order chi connectivity index (χ0) is 9.03. The summed E-state index contributed by atoms with van der Waals surface area (Å²) in [4.78, 5) is 0. The van der Waals surface area contributed by atoms with Gasteiger partial charge in [-0.2, -0.15) is 0 Å². The average molecular weight is 216 g/mol. The average Bonchev–Trinajstić information content (AvgIpc) is 2.06. The monoisotopic (exact) mass is 215 g/mol. The summed E-state index contributed by atoms with van der Waals surface area (Å²) in [6, 6.07) is 0. The lowest BCUT2D eigenvalue weighted by Crippen LogP contribution is -2.40. The van der Waals surface area contributed by atoms with E-state index in [0.717, 1.165) is 0 Å². The predicted molar refractivity (Wildman–Crippen MR) is 49.7 cm³/mol. The highest BCUT2D eigenvalue weighted by Crippen LogP contribution is 2.31. The topological polar surface area (TPSA) is 21.3 Å². The molecule has 5 heteroatoms. The molecule has 1 heterocycles. The molecule has 0 amide bonds.